The average molecular weight is 241 g/mol. The van der Waals surface area contributed by atoms with E-state index in [4.69, 9.17) is 0 Å². The first-order valence-electron chi connectivity index (χ1n) is 7.23. The van der Waals surface area contributed by atoms with Gasteiger partial charge in [0, 0.05) is 12.1 Å². The topological polar surface area (TPSA) is 12.0 Å². The summed E-state index contributed by atoms with van der Waals surface area (Å²) in [5.41, 5.74) is 1.43. The molecule has 0 spiro atoms. The van der Waals surface area contributed by atoms with Crippen LogP contribution >= 0.6 is 0 Å². The Hall–Kier alpha value is -1.08. The molecule has 96 valence electrons. The lowest BCUT2D eigenvalue weighted by atomic mass is 9.70. The number of hydrogen-bond acceptors (Lipinski definition) is 1. The highest BCUT2D eigenvalue weighted by molar-refractivity contribution is 5.21. The van der Waals surface area contributed by atoms with E-state index in [1.165, 1.54) is 18.4 Å². The molecule has 1 saturated carbocycles. The van der Waals surface area contributed by atoms with Crippen molar-refractivity contribution in [2.45, 2.75) is 38.8 Å². The summed E-state index contributed by atoms with van der Waals surface area (Å²) < 4.78 is 0. The molecular weight excluding hydrogens is 218 g/mol. The quantitative estimate of drug-likeness (QED) is 0.787. The van der Waals surface area contributed by atoms with Gasteiger partial charge in [-0.15, -0.1) is 0 Å². The van der Waals surface area contributed by atoms with Crippen LogP contribution in [0.3, 0.4) is 0 Å². The van der Waals surface area contributed by atoms with Crippen LogP contribution in [-0.2, 0) is 0 Å². The Bertz CT molecular complexity index is 420. The molecule has 0 heterocycles. The summed E-state index contributed by atoms with van der Waals surface area (Å²) in [7, 11) is 0. The minimum absolute atomic E-state index is 0.492. The molecule has 0 bridgehead atoms. The number of rotatable bonds is 4. The van der Waals surface area contributed by atoms with Gasteiger partial charge in [-0.25, -0.2) is 0 Å². The SMILES string of the molecule is CC(C)C(NC1CC2CC=CC21)c1ccccc1. The number of fused-ring (bicyclic) bond motifs is 1. The van der Waals surface area contributed by atoms with Crippen LogP contribution in [0.1, 0.15) is 38.3 Å². The molecule has 1 N–H and O–H groups in total. The monoisotopic (exact) mass is 241 g/mol. The minimum Gasteiger partial charge on any atom is -0.306 e. The third-order valence-electron chi connectivity index (χ3n) is 4.58. The number of allylic oxidation sites excluding steroid dienone is 1. The number of nitrogens with one attached hydrogen (secondary N) is 1. The Morgan fingerprint density at radius 1 is 1.17 bits per heavy atom. The molecule has 4 atom stereocenters. The number of hydrogen-bond donors (Lipinski definition) is 1. The molecule has 1 aromatic carbocycles. The van der Waals surface area contributed by atoms with E-state index >= 15 is 0 Å². The van der Waals surface area contributed by atoms with Crippen molar-refractivity contribution in [2.75, 3.05) is 0 Å². The van der Waals surface area contributed by atoms with Gasteiger partial charge in [0.2, 0.25) is 0 Å². The summed E-state index contributed by atoms with van der Waals surface area (Å²) >= 11 is 0. The second-order valence-electron chi connectivity index (χ2n) is 6.14. The maximum atomic E-state index is 3.89. The third kappa shape index (κ3) is 2.12. The molecule has 3 rings (SSSR count). The van der Waals surface area contributed by atoms with Crippen LogP contribution in [0.5, 0.6) is 0 Å². The zero-order valence-electron chi connectivity index (χ0n) is 11.3. The molecule has 1 heteroatoms. The van der Waals surface area contributed by atoms with E-state index in [1.807, 2.05) is 0 Å². The summed E-state index contributed by atoms with van der Waals surface area (Å²) in [6.07, 6.45) is 7.45. The molecule has 18 heavy (non-hydrogen) atoms. The molecule has 0 radical (unpaired) electrons. The number of benzene rings is 1. The molecular formula is C17H23N. The van der Waals surface area contributed by atoms with Gasteiger partial charge in [0.15, 0.2) is 0 Å². The van der Waals surface area contributed by atoms with Gasteiger partial charge in [0.05, 0.1) is 0 Å². The first kappa shape index (κ1) is 12.0. The Kier molecular flexibility index (Phi) is 3.25. The molecule has 2 aliphatic carbocycles. The zero-order chi connectivity index (χ0) is 12.5. The Morgan fingerprint density at radius 2 is 1.94 bits per heavy atom. The molecule has 2 aliphatic rings. The van der Waals surface area contributed by atoms with Crippen molar-refractivity contribution in [1.29, 1.82) is 0 Å². The summed E-state index contributed by atoms with van der Waals surface area (Å²) in [4.78, 5) is 0. The average Bonchev–Trinajstić information content (AvgIpc) is 2.72. The summed E-state index contributed by atoms with van der Waals surface area (Å²) in [5, 5.41) is 3.89. The van der Waals surface area contributed by atoms with Gasteiger partial charge in [-0.1, -0.05) is 56.3 Å². The summed E-state index contributed by atoms with van der Waals surface area (Å²) in [6, 6.07) is 12.1. The standard InChI is InChI=1S/C17H23N/c1-12(2)17(13-7-4-3-5-8-13)18-16-11-14-9-6-10-15(14)16/h3-8,10,12,14-18H,9,11H2,1-2H3. The van der Waals surface area contributed by atoms with E-state index < -0.39 is 0 Å². The second kappa shape index (κ2) is 4.89. The van der Waals surface area contributed by atoms with Crippen molar-refractivity contribution in [3.05, 3.63) is 48.0 Å². The van der Waals surface area contributed by atoms with Gasteiger partial charge in [0.25, 0.3) is 0 Å². The van der Waals surface area contributed by atoms with E-state index in [0.29, 0.717) is 18.0 Å². The summed E-state index contributed by atoms with van der Waals surface area (Å²) in [5.74, 6) is 2.37. The van der Waals surface area contributed by atoms with Crippen LogP contribution in [0.25, 0.3) is 0 Å². The van der Waals surface area contributed by atoms with Crippen molar-refractivity contribution in [2.24, 2.45) is 17.8 Å². The maximum Gasteiger partial charge on any atom is 0.0346 e. The van der Waals surface area contributed by atoms with E-state index in [2.05, 4.69) is 61.6 Å². The van der Waals surface area contributed by atoms with E-state index in [-0.39, 0.29) is 0 Å². The molecule has 0 aliphatic heterocycles. The van der Waals surface area contributed by atoms with E-state index in [0.717, 1.165) is 11.8 Å². The Morgan fingerprint density at radius 3 is 2.61 bits per heavy atom. The zero-order valence-corrected chi connectivity index (χ0v) is 11.3. The third-order valence-corrected chi connectivity index (χ3v) is 4.58. The van der Waals surface area contributed by atoms with Crippen molar-refractivity contribution in [3.63, 3.8) is 0 Å². The van der Waals surface area contributed by atoms with Crippen LogP contribution in [0.2, 0.25) is 0 Å². The van der Waals surface area contributed by atoms with Crippen LogP contribution in [0.15, 0.2) is 42.5 Å². The van der Waals surface area contributed by atoms with Gasteiger partial charge in [0.1, 0.15) is 0 Å². The van der Waals surface area contributed by atoms with Gasteiger partial charge >= 0.3 is 0 Å². The molecule has 4 unspecified atom stereocenters. The molecule has 0 amide bonds. The molecule has 1 nitrogen and oxygen atoms in total. The van der Waals surface area contributed by atoms with Crippen LogP contribution in [0.4, 0.5) is 0 Å². The first-order valence-corrected chi connectivity index (χ1v) is 7.23. The first-order chi connectivity index (χ1) is 8.75. The highest BCUT2D eigenvalue weighted by Gasteiger charge is 2.41. The normalized spacial score (nSPS) is 31.2. The fourth-order valence-corrected chi connectivity index (χ4v) is 3.47. The highest BCUT2D eigenvalue weighted by Crippen LogP contribution is 2.44. The molecule has 0 saturated heterocycles. The predicted octanol–water partition coefficient (Wildman–Crippen LogP) is 3.94. The van der Waals surface area contributed by atoms with Crippen LogP contribution < -0.4 is 5.32 Å². The Labute approximate surface area is 110 Å². The minimum atomic E-state index is 0.492. The smallest absolute Gasteiger partial charge is 0.0346 e. The fraction of sp³-hybridized carbons (Fsp3) is 0.529. The van der Waals surface area contributed by atoms with E-state index in [1.54, 1.807) is 0 Å². The van der Waals surface area contributed by atoms with Gasteiger partial charge < -0.3 is 5.32 Å². The second-order valence-corrected chi connectivity index (χ2v) is 6.14. The molecule has 1 aromatic rings. The van der Waals surface area contributed by atoms with Crippen molar-refractivity contribution in [1.82, 2.24) is 5.32 Å². The van der Waals surface area contributed by atoms with Crippen molar-refractivity contribution >= 4 is 0 Å². The van der Waals surface area contributed by atoms with Crippen LogP contribution in [0, 0.1) is 17.8 Å². The summed E-state index contributed by atoms with van der Waals surface area (Å²) in [6.45, 7) is 4.62. The van der Waals surface area contributed by atoms with Crippen LogP contribution in [-0.4, -0.2) is 6.04 Å². The van der Waals surface area contributed by atoms with Crippen molar-refractivity contribution < 1.29 is 0 Å². The van der Waals surface area contributed by atoms with Gasteiger partial charge in [-0.3, -0.25) is 0 Å². The fourth-order valence-electron chi connectivity index (χ4n) is 3.47. The lowest BCUT2D eigenvalue weighted by Crippen LogP contribution is -2.50. The highest BCUT2D eigenvalue weighted by atomic mass is 15.0. The predicted molar refractivity (Wildman–Crippen MR) is 76.3 cm³/mol. The van der Waals surface area contributed by atoms with Crippen molar-refractivity contribution in [3.8, 4) is 0 Å². The lowest BCUT2D eigenvalue weighted by Gasteiger charge is -2.43. The van der Waals surface area contributed by atoms with Gasteiger partial charge in [-0.2, -0.15) is 0 Å². The largest absolute Gasteiger partial charge is 0.306 e. The lowest BCUT2D eigenvalue weighted by molar-refractivity contribution is 0.140. The van der Waals surface area contributed by atoms with E-state index in [9.17, 15) is 0 Å². The molecule has 1 fully saturated rings. The molecule has 0 aromatic heterocycles. The maximum absolute atomic E-state index is 3.89. The Balaban J connectivity index is 1.70. The van der Waals surface area contributed by atoms with Gasteiger partial charge in [-0.05, 0) is 36.2 Å².